The topological polar surface area (TPSA) is 74.2 Å². The zero-order valence-electron chi connectivity index (χ0n) is 14.2. The number of likely N-dealkylation sites (tertiary alicyclic amines) is 2. The standard InChI is InChI=1S/C16H28N4O3/c1-3-23-15(22)13-6-10-20(11-7-13)16(17-2)18-12-14(21)19-8-4-5-9-19/h13H,3-12H2,1-2H3,(H,17,18). The fourth-order valence-corrected chi connectivity index (χ4v) is 3.15. The molecule has 0 aromatic heterocycles. The highest BCUT2D eigenvalue weighted by Gasteiger charge is 2.27. The van der Waals surface area contributed by atoms with Gasteiger partial charge >= 0.3 is 5.97 Å². The Morgan fingerprint density at radius 3 is 2.35 bits per heavy atom. The Hall–Kier alpha value is -1.79. The molecule has 1 N–H and O–H groups in total. The van der Waals surface area contributed by atoms with Crippen molar-refractivity contribution in [2.75, 3.05) is 46.4 Å². The molecule has 0 aromatic carbocycles. The van der Waals surface area contributed by atoms with Crippen molar-refractivity contribution in [1.29, 1.82) is 0 Å². The molecular formula is C16H28N4O3. The van der Waals surface area contributed by atoms with Crippen LogP contribution in [0.1, 0.15) is 32.6 Å². The average Bonchev–Trinajstić information content (AvgIpc) is 3.10. The smallest absolute Gasteiger partial charge is 0.309 e. The molecule has 0 unspecified atom stereocenters. The summed E-state index contributed by atoms with van der Waals surface area (Å²) < 4.78 is 5.09. The van der Waals surface area contributed by atoms with Crippen LogP contribution in [0.15, 0.2) is 4.99 Å². The van der Waals surface area contributed by atoms with Gasteiger partial charge in [0.05, 0.1) is 19.1 Å². The minimum absolute atomic E-state index is 0.0180. The second kappa shape index (κ2) is 8.74. The molecule has 2 aliphatic heterocycles. The van der Waals surface area contributed by atoms with Crippen molar-refractivity contribution in [2.45, 2.75) is 32.6 Å². The van der Waals surface area contributed by atoms with Crippen molar-refractivity contribution in [3.05, 3.63) is 0 Å². The summed E-state index contributed by atoms with van der Waals surface area (Å²) in [4.78, 5) is 32.1. The van der Waals surface area contributed by atoms with E-state index in [4.69, 9.17) is 4.74 Å². The first-order valence-corrected chi connectivity index (χ1v) is 8.55. The van der Waals surface area contributed by atoms with E-state index in [1.165, 1.54) is 0 Å². The van der Waals surface area contributed by atoms with E-state index in [2.05, 4.69) is 15.2 Å². The van der Waals surface area contributed by atoms with E-state index >= 15 is 0 Å². The summed E-state index contributed by atoms with van der Waals surface area (Å²) in [7, 11) is 1.72. The molecule has 0 radical (unpaired) electrons. The Balaban J connectivity index is 1.76. The number of carbonyl (C=O) groups excluding carboxylic acids is 2. The lowest BCUT2D eigenvalue weighted by Crippen LogP contribution is -2.49. The summed E-state index contributed by atoms with van der Waals surface area (Å²) >= 11 is 0. The number of esters is 1. The quantitative estimate of drug-likeness (QED) is 0.462. The van der Waals surface area contributed by atoms with E-state index < -0.39 is 0 Å². The van der Waals surface area contributed by atoms with Crippen LogP contribution >= 0.6 is 0 Å². The first-order chi connectivity index (χ1) is 11.2. The van der Waals surface area contributed by atoms with Crippen LogP contribution < -0.4 is 5.32 Å². The van der Waals surface area contributed by atoms with Gasteiger partial charge < -0.3 is 19.9 Å². The zero-order valence-corrected chi connectivity index (χ0v) is 14.2. The van der Waals surface area contributed by atoms with Gasteiger partial charge in [0.15, 0.2) is 5.96 Å². The second-order valence-corrected chi connectivity index (χ2v) is 6.00. The number of nitrogens with zero attached hydrogens (tertiary/aromatic N) is 3. The van der Waals surface area contributed by atoms with Crippen molar-refractivity contribution in [2.24, 2.45) is 10.9 Å². The molecule has 0 spiro atoms. The number of nitrogens with one attached hydrogen (secondary N) is 1. The Bertz CT molecular complexity index is 439. The third-order valence-electron chi connectivity index (χ3n) is 4.48. The largest absolute Gasteiger partial charge is 0.466 e. The molecule has 130 valence electrons. The summed E-state index contributed by atoms with van der Waals surface area (Å²) in [6.45, 7) is 5.78. The average molecular weight is 324 g/mol. The summed E-state index contributed by atoms with van der Waals surface area (Å²) in [5.74, 6) is 0.750. The van der Waals surface area contributed by atoms with Crippen LogP contribution in [0.3, 0.4) is 0 Å². The van der Waals surface area contributed by atoms with Gasteiger partial charge in [0.2, 0.25) is 5.91 Å². The Labute approximate surface area is 138 Å². The minimum Gasteiger partial charge on any atom is -0.466 e. The van der Waals surface area contributed by atoms with Crippen molar-refractivity contribution in [1.82, 2.24) is 15.1 Å². The number of hydrogen-bond donors (Lipinski definition) is 1. The highest BCUT2D eigenvalue weighted by molar-refractivity contribution is 5.86. The lowest BCUT2D eigenvalue weighted by Gasteiger charge is -2.33. The SMILES string of the molecule is CCOC(=O)C1CCN(C(=NC)NCC(=O)N2CCCC2)CC1. The maximum atomic E-state index is 12.1. The first-order valence-electron chi connectivity index (χ1n) is 8.55. The van der Waals surface area contributed by atoms with E-state index in [-0.39, 0.29) is 24.3 Å². The molecular weight excluding hydrogens is 296 g/mol. The molecule has 0 atom stereocenters. The van der Waals surface area contributed by atoms with Crippen LogP contribution in [-0.2, 0) is 14.3 Å². The van der Waals surface area contributed by atoms with E-state index in [1.807, 2.05) is 11.8 Å². The molecule has 7 heteroatoms. The van der Waals surface area contributed by atoms with Gasteiger partial charge in [-0.1, -0.05) is 0 Å². The molecule has 2 heterocycles. The van der Waals surface area contributed by atoms with Crippen LogP contribution in [0.2, 0.25) is 0 Å². The van der Waals surface area contributed by atoms with Crippen molar-refractivity contribution in [3.63, 3.8) is 0 Å². The predicted molar refractivity (Wildman–Crippen MR) is 88.1 cm³/mol. The third-order valence-corrected chi connectivity index (χ3v) is 4.48. The lowest BCUT2D eigenvalue weighted by atomic mass is 9.97. The van der Waals surface area contributed by atoms with Crippen LogP contribution in [0, 0.1) is 5.92 Å². The Kier molecular flexibility index (Phi) is 6.67. The summed E-state index contributed by atoms with van der Waals surface area (Å²) in [5.41, 5.74) is 0. The molecule has 1 amide bonds. The normalized spacial score (nSPS) is 19.8. The van der Waals surface area contributed by atoms with Gasteiger partial charge in [-0.2, -0.15) is 0 Å². The molecule has 2 fully saturated rings. The molecule has 0 saturated carbocycles. The monoisotopic (exact) mass is 324 g/mol. The number of rotatable bonds is 4. The van der Waals surface area contributed by atoms with Gasteiger partial charge in [0.1, 0.15) is 0 Å². The molecule has 2 aliphatic rings. The highest BCUT2D eigenvalue weighted by atomic mass is 16.5. The number of amides is 1. The molecule has 23 heavy (non-hydrogen) atoms. The molecule has 0 bridgehead atoms. The summed E-state index contributed by atoms with van der Waals surface area (Å²) in [5, 5.41) is 3.15. The zero-order chi connectivity index (χ0) is 16.7. The van der Waals surface area contributed by atoms with Gasteiger partial charge in [-0.05, 0) is 32.6 Å². The number of hydrogen-bond acceptors (Lipinski definition) is 4. The van der Waals surface area contributed by atoms with Crippen molar-refractivity contribution >= 4 is 17.8 Å². The molecule has 0 aliphatic carbocycles. The number of piperidine rings is 1. The van der Waals surface area contributed by atoms with Crippen LogP contribution in [0.5, 0.6) is 0 Å². The van der Waals surface area contributed by atoms with Crippen molar-refractivity contribution in [3.8, 4) is 0 Å². The van der Waals surface area contributed by atoms with Crippen LogP contribution in [-0.4, -0.2) is 74.0 Å². The maximum Gasteiger partial charge on any atom is 0.309 e. The van der Waals surface area contributed by atoms with Gasteiger partial charge in [-0.3, -0.25) is 14.6 Å². The molecule has 0 aromatic rings. The Morgan fingerprint density at radius 2 is 1.78 bits per heavy atom. The van der Waals surface area contributed by atoms with Crippen molar-refractivity contribution < 1.29 is 14.3 Å². The molecule has 2 rings (SSSR count). The second-order valence-electron chi connectivity index (χ2n) is 6.00. The highest BCUT2D eigenvalue weighted by Crippen LogP contribution is 2.18. The third kappa shape index (κ3) is 4.84. The summed E-state index contributed by atoms with van der Waals surface area (Å²) in [6.07, 6.45) is 3.73. The molecule has 2 saturated heterocycles. The fraction of sp³-hybridized carbons (Fsp3) is 0.812. The van der Waals surface area contributed by atoms with Gasteiger partial charge in [0, 0.05) is 33.2 Å². The van der Waals surface area contributed by atoms with Crippen LogP contribution in [0.25, 0.3) is 0 Å². The summed E-state index contributed by atoms with van der Waals surface area (Å²) in [6, 6.07) is 0. The van der Waals surface area contributed by atoms with Gasteiger partial charge in [-0.25, -0.2) is 0 Å². The number of guanidine groups is 1. The number of aliphatic imine (C=N–C) groups is 1. The molecule has 7 nitrogen and oxygen atoms in total. The Morgan fingerprint density at radius 1 is 1.13 bits per heavy atom. The lowest BCUT2D eigenvalue weighted by molar-refractivity contribution is -0.149. The fourth-order valence-electron chi connectivity index (χ4n) is 3.15. The predicted octanol–water partition coefficient (Wildman–Crippen LogP) is 0.459. The van der Waals surface area contributed by atoms with Gasteiger partial charge in [0.25, 0.3) is 0 Å². The van der Waals surface area contributed by atoms with E-state index in [0.717, 1.165) is 57.8 Å². The van der Waals surface area contributed by atoms with Gasteiger partial charge in [-0.15, -0.1) is 0 Å². The number of ether oxygens (including phenoxy) is 1. The van der Waals surface area contributed by atoms with Crippen LogP contribution in [0.4, 0.5) is 0 Å². The van der Waals surface area contributed by atoms with E-state index in [0.29, 0.717) is 6.61 Å². The first kappa shape index (κ1) is 17.6. The van der Waals surface area contributed by atoms with E-state index in [9.17, 15) is 9.59 Å². The maximum absolute atomic E-state index is 12.1. The number of carbonyl (C=O) groups is 2. The minimum atomic E-state index is -0.0979. The van der Waals surface area contributed by atoms with E-state index in [1.54, 1.807) is 7.05 Å².